The number of aryl methyl sites for hydroxylation is 2. The minimum absolute atomic E-state index is 0.238. The van der Waals surface area contributed by atoms with Crippen LogP contribution in [-0.2, 0) is 10.0 Å². The highest BCUT2D eigenvalue weighted by molar-refractivity contribution is 7.92. The first-order valence-corrected chi connectivity index (χ1v) is 8.67. The molecule has 108 valence electrons. The average Bonchev–Trinajstić information content (AvgIpc) is 2.81. The van der Waals surface area contributed by atoms with Gasteiger partial charge in [-0.3, -0.25) is 4.72 Å². The molecule has 2 aromatic carbocycles. The van der Waals surface area contributed by atoms with E-state index in [9.17, 15) is 8.42 Å². The second-order valence-corrected chi connectivity index (χ2v) is 7.44. The number of sulfonamides is 1. The summed E-state index contributed by atoms with van der Waals surface area (Å²) in [4.78, 5) is 0.238. The van der Waals surface area contributed by atoms with Gasteiger partial charge in [-0.25, -0.2) is 8.42 Å². The van der Waals surface area contributed by atoms with E-state index in [4.69, 9.17) is 0 Å². The maximum atomic E-state index is 12.4. The highest BCUT2D eigenvalue weighted by Crippen LogP contribution is 2.29. The molecule has 0 aliphatic heterocycles. The van der Waals surface area contributed by atoms with Crippen molar-refractivity contribution in [1.29, 1.82) is 0 Å². The van der Waals surface area contributed by atoms with Crippen molar-refractivity contribution in [3.05, 3.63) is 53.6 Å². The standard InChI is InChI=1S/C15H14N2O2S2/c1-10-3-6-12(7-4-10)21(18,19)17-15-13-9-11(2)5-8-14(13)20-16-15/h3-9H,1-2H3,(H,16,17). The first-order valence-electron chi connectivity index (χ1n) is 6.41. The van der Waals surface area contributed by atoms with Crippen LogP contribution in [0.15, 0.2) is 47.4 Å². The van der Waals surface area contributed by atoms with Crippen LogP contribution in [0.1, 0.15) is 11.1 Å². The van der Waals surface area contributed by atoms with Crippen molar-refractivity contribution in [2.24, 2.45) is 0 Å². The lowest BCUT2D eigenvalue weighted by Gasteiger charge is -2.06. The first-order chi connectivity index (χ1) is 9.95. The van der Waals surface area contributed by atoms with E-state index in [0.29, 0.717) is 5.82 Å². The third kappa shape index (κ3) is 2.77. The van der Waals surface area contributed by atoms with E-state index in [-0.39, 0.29) is 4.90 Å². The third-order valence-corrected chi connectivity index (χ3v) is 5.37. The Kier molecular flexibility index (Phi) is 3.43. The summed E-state index contributed by atoms with van der Waals surface area (Å²) in [5.41, 5.74) is 2.09. The Labute approximate surface area is 127 Å². The summed E-state index contributed by atoms with van der Waals surface area (Å²) < 4.78 is 32.5. The molecule has 0 fully saturated rings. The molecule has 4 nitrogen and oxygen atoms in total. The van der Waals surface area contributed by atoms with E-state index < -0.39 is 10.0 Å². The number of benzene rings is 2. The van der Waals surface area contributed by atoms with Crippen LogP contribution in [0.25, 0.3) is 10.1 Å². The summed E-state index contributed by atoms with van der Waals surface area (Å²) in [6.07, 6.45) is 0. The molecule has 0 spiro atoms. The Hall–Kier alpha value is -1.92. The van der Waals surface area contributed by atoms with Gasteiger partial charge in [-0.2, -0.15) is 4.37 Å². The zero-order valence-electron chi connectivity index (χ0n) is 11.6. The van der Waals surface area contributed by atoms with Crippen LogP contribution in [0.3, 0.4) is 0 Å². The Bertz CT molecular complexity index is 897. The number of anilines is 1. The monoisotopic (exact) mass is 318 g/mol. The average molecular weight is 318 g/mol. The molecule has 1 aromatic heterocycles. The number of hydrogen-bond acceptors (Lipinski definition) is 4. The summed E-state index contributed by atoms with van der Waals surface area (Å²) in [5.74, 6) is 0.388. The number of rotatable bonds is 3. The fraction of sp³-hybridized carbons (Fsp3) is 0.133. The Morgan fingerprint density at radius 1 is 1.00 bits per heavy atom. The molecule has 3 aromatic rings. The van der Waals surface area contributed by atoms with Crippen molar-refractivity contribution < 1.29 is 8.42 Å². The number of aromatic nitrogens is 1. The second kappa shape index (κ2) is 5.13. The van der Waals surface area contributed by atoms with Crippen molar-refractivity contribution in [2.75, 3.05) is 4.72 Å². The Morgan fingerprint density at radius 3 is 2.38 bits per heavy atom. The van der Waals surface area contributed by atoms with Gasteiger partial charge in [0, 0.05) is 5.39 Å². The van der Waals surface area contributed by atoms with Gasteiger partial charge >= 0.3 is 0 Å². The molecule has 0 unspecified atom stereocenters. The van der Waals surface area contributed by atoms with E-state index in [0.717, 1.165) is 21.2 Å². The van der Waals surface area contributed by atoms with Crippen LogP contribution in [0, 0.1) is 13.8 Å². The molecule has 6 heteroatoms. The van der Waals surface area contributed by atoms with Gasteiger partial charge in [0.05, 0.1) is 9.60 Å². The van der Waals surface area contributed by atoms with E-state index >= 15 is 0 Å². The zero-order chi connectivity index (χ0) is 15.0. The van der Waals surface area contributed by atoms with Gasteiger partial charge in [0.2, 0.25) is 0 Å². The SMILES string of the molecule is Cc1ccc(S(=O)(=O)Nc2nsc3ccc(C)cc23)cc1. The predicted molar refractivity (Wildman–Crippen MR) is 86.3 cm³/mol. The normalized spacial score (nSPS) is 11.7. The lowest BCUT2D eigenvalue weighted by Crippen LogP contribution is -2.13. The summed E-state index contributed by atoms with van der Waals surface area (Å²) in [5, 5.41) is 0.829. The zero-order valence-corrected chi connectivity index (χ0v) is 13.3. The molecule has 0 bridgehead atoms. The maximum absolute atomic E-state index is 12.4. The molecule has 0 radical (unpaired) electrons. The van der Waals surface area contributed by atoms with E-state index in [2.05, 4.69) is 9.10 Å². The molecule has 0 amide bonds. The van der Waals surface area contributed by atoms with Gasteiger partial charge in [-0.15, -0.1) is 0 Å². The minimum Gasteiger partial charge on any atom is -0.262 e. The van der Waals surface area contributed by atoms with Crippen LogP contribution < -0.4 is 4.72 Å². The van der Waals surface area contributed by atoms with Crippen molar-refractivity contribution in [3.8, 4) is 0 Å². The summed E-state index contributed by atoms with van der Waals surface area (Å²) >= 11 is 1.28. The molecule has 0 aliphatic carbocycles. The van der Waals surface area contributed by atoms with Gasteiger partial charge in [0.25, 0.3) is 10.0 Å². The van der Waals surface area contributed by atoms with Crippen LogP contribution in [0.5, 0.6) is 0 Å². The topological polar surface area (TPSA) is 59.1 Å². The van der Waals surface area contributed by atoms with E-state index in [1.54, 1.807) is 24.3 Å². The lowest BCUT2D eigenvalue weighted by molar-refractivity contribution is 0.601. The number of hydrogen-bond donors (Lipinski definition) is 1. The van der Waals surface area contributed by atoms with Crippen LogP contribution in [0.2, 0.25) is 0 Å². The number of fused-ring (bicyclic) bond motifs is 1. The molecule has 1 heterocycles. The van der Waals surface area contributed by atoms with Crippen LogP contribution >= 0.6 is 11.5 Å². The molecular weight excluding hydrogens is 304 g/mol. The van der Waals surface area contributed by atoms with Crippen molar-refractivity contribution in [2.45, 2.75) is 18.7 Å². The molecule has 0 saturated heterocycles. The fourth-order valence-corrected chi connectivity index (χ4v) is 3.83. The Balaban J connectivity index is 2.01. The largest absolute Gasteiger partial charge is 0.263 e. The van der Waals surface area contributed by atoms with Gasteiger partial charge < -0.3 is 0 Å². The van der Waals surface area contributed by atoms with Gasteiger partial charge in [-0.05, 0) is 49.6 Å². The van der Waals surface area contributed by atoms with Crippen molar-refractivity contribution >= 4 is 37.5 Å². The van der Waals surface area contributed by atoms with E-state index in [1.807, 2.05) is 32.0 Å². The predicted octanol–water partition coefficient (Wildman–Crippen LogP) is 3.71. The van der Waals surface area contributed by atoms with Crippen LogP contribution in [-0.4, -0.2) is 12.8 Å². The van der Waals surface area contributed by atoms with E-state index in [1.165, 1.54) is 11.5 Å². The molecule has 21 heavy (non-hydrogen) atoms. The Morgan fingerprint density at radius 2 is 1.67 bits per heavy atom. The fourth-order valence-electron chi connectivity index (χ4n) is 2.03. The molecular formula is C15H14N2O2S2. The second-order valence-electron chi connectivity index (χ2n) is 4.95. The van der Waals surface area contributed by atoms with Gasteiger partial charge in [0.1, 0.15) is 0 Å². The van der Waals surface area contributed by atoms with Gasteiger partial charge in [-0.1, -0.05) is 29.3 Å². The lowest BCUT2D eigenvalue weighted by atomic mass is 10.2. The highest BCUT2D eigenvalue weighted by atomic mass is 32.2. The van der Waals surface area contributed by atoms with Gasteiger partial charge in [0.15, 0.2) is 5.82 Å². The first kappa shape index (κ1) is 14.0. The highest BCUT2D eigenvalue weighted by Gasteiger charge is 2.17. The summed E-state index contributed by atoms with van der Waals surface area (Å²) in [7, 11) is -3.61. The maximum Gasteiger partial charge on any atom is 0.263 e. The molecule has 1 N–H and O–H groups in total. The minimum atomic E-state index is -3.61. The molecule has 0 atom stereocenters. The van der Waals surface area contributed by atoms with Crippen molar-refractivity contribution in [1.82, 2.24) is 4.37 Å². The molecule has 0 aliphatic rings. The third-order valence-electron chi connectivity index (χ3n) is 3.19. The molecule has 3 rings (SSSR count). The number of nitrogens with one attached hydrogen (secondary N) is 1. The quantitative estimate of drug-likeness (QED) is 0.801. The smallest absolute Gasteiger partial charge is 0.262 e. The summed E-state index contributed by atoms with van der Waals surface area (Å²) in [6, 6.07) is 12.6. The number of nitrogens with zero attached hydrogens (tertiary/aromatic N) is 1. The van der Waals surface area contributed by atoms with Crippen LogP contribution in [0.4, 0.5) is 5.82 Å². The summed E-state index contributed by atoms with van der Waals surface area (Å²) in [6.45, 7) is 3.88. The molecule has 0 saturated carbocycles. The van der Waals surface area contributed by atoms with Crippen molar-refractivity contribution in [3.63, 3.8) is 0 Å².